The van der Waals surface area contributed by atoms with Crippen LogP contribution in [0.2, 0.25) is 5.02 Å². The Labute approximate surface area is 154 Å². The molecule has 0 saturated carbocycles. The van der Waals surface area contributed by atoms with Crippen LogP contribution in [0.5, 0.6) is 5.06 Å². The van der Waals surface area contributed by atoms with Gasteiger partial charge >= 0.3 is 11.9 Å². The first-order valence-corrected chi connectivity index (χ1v) is 9.05. The summed E-state index contributed by atoms with van der Waals surface area (Å²) in [5, 5.41) is 11.0. The van der Waals surface area contributed by atoms with Crippen LogP contribution in [-0.4, -0.2) is 28.5 Å². The molecule has 0 radical (unpaired) electrons. The van der Waals surface area contributed by atoms with Gasteiger partial charge in [0.25, 0.3) is 0 Å². The van der Waals surface area contributed by atoms with Crippen molar-refractivity contribution in [3.63, 3.8) is 0 Å². The lowest BCUT2D eigenvalue weighted by Gasteiger charge is -2.40. The molecule has 0 bridgehead atoms. The van der Waals surface area contributed by atoms with Crippen LogP contribution in [-0.2, 0) is 28.1 Å². The zero-order chi connectivity index (χ0) is 18.2. The second-order valence-electron chi connectivity index (χ2n) is 6.14. The highest BCUT2D eigenvalue weighted by molar-refractivity contribution is 7.14. The maximum atomic E-state index is 12.2. The van der Waals surface area contributed by atoms with E-state index in [4.69, 9.17) is 16.3 Å². The molecule has 0 amide bonds. The lowest BCUT2D eigenvalue weighted by atomic mass is 9.88. The van der Waals surface area contributed by atoms with Crippen LogP contribution in [0.4, 0.5) is 0 Å². The summed E-state index contributed by atoms with van der Waals surface area (Å²) in [5.41, 5.74) is 0.328. The van der Waals surface area contributed by atoms with Gasteiger partial charge in [-0.1, -0.05) is 29.8 Å². The van der Waals surface area contributed by atoms with Gasteiger partial charge in [0.05, 0.1) is 0 Å². The Hall–Kier alpha value is -1.89. The number of hydrogen-bond acceptors (Lipinski definition) is 5. The normalized spacial score (nSPS) is 16.8. The number of halogens is 1. The van der Waals surface area contributed by atoms with Gasteiger partial charge in [0.2, 0.25) is 0 Å². The fourth-order valence-corrected chi connectivity index (χ4v) is 4.53. The molecule has 132 valence electrons. The van der Waals surface area contributed by atoms with Gasteiger partial charge in [-0.2, -0.15) is 0 Å². The summed E-state index contributed by atoms with van der Waals surface area (Å²) in [6.07, 6.45) is 0.703. The van der Waals surface area contributed by atoms with Crippen molar-refractivity contribution in [1.82, 2.24) is 4.90 Å². The average Bonchev–Trinajstić information content (AvgIpc) is 2.94. The third kappa shape index (κ3) is 3.29. The molecule has 25 heavy (non-hydrogen) atoms. The van der Waals surface area contributed by atoms with Crippen LogP contribution in [0, 0.1) is 0 Å². The van der Waals surface area contributed by atoms with Crippen molar-refractivity contribution in [3.05, 3.63) is 51.4 Å². The summed E-state index contributed by atoms with van der Waals surface area (Å²) >= 11 is 7.73. The van der Waals surface area contributed by atoms with E-state index in [1.807, 2.05) is 11.0 Å². The molecular weight excluding hydrogens is 362 g/mol. The quantitative estimate of drug-likeness (QED) is 0.821. The summed E-state index contributed by atoms with van der Waals surface area (Å²) < 4.78 is 5.16. The molecule has 1 aliphatic heterocycles. The molecule has 1 aromatic carbocycles. The molecule has 1 N–H and O–H groups in total. The lowest BCUT2D eigenvalue weighted by Crippen LogP contribution is -2.51. The van der Waals surface area contributed by atoms with Crippen LogP contribution < -0.4 is 4.74 Å². The van der Waals surface area contributed by atoms with Gasteiger partial charge in [-0.05, 0) is 31.0 Å². The number of rotatable bonds is 4. The van der Waals surface area contributed by atoms with Crippen LogP contribution >= 0.6 is 22.9 Å². The van der Waals surface area contributed by atoms with Gasteiger partial charge in [-0.3, -0.25) is 9.69 Å². The Bertz CT molecular complexity index is 834. The van der Waals surface area contributed by atoms with Gasteiger partial charge in [-0.25, -0.2) is 4.79 Å². The number of aliphatic carboxylic acids is 1. The first kappa shape index (κ1) is 17.9. The lowest BCUT2D eigenvalue weighted by molar-refractivity contribution is -0.152. The second-order valence-corrected chi connectivity index (χ2v) is 7.64. The number of carboxylic acid groups (broad SMARTS) is 1. The molecule has 0 saturated heterocycles. The monoisotopic (exact) mass is 379 g/mol. The summed E-state index contributed by atoms with van der Waals surface area (Å²) in [4.78, 5) is 26.3. The fourth-order valence-electron chi connectivity index (χ4n) is 3.16. The molecule has 5 nitrogen and oxygen atoms in total. The first-order chi connectivity index (χ1) is 11.8. The molecule has 0 fully saturated rings. The number of carboxylic acids is 1. The number of nitrogens with zero attached hydrogens (tertiary/aromatic N) is 1. The van der Waals surface area contributed by atoms with Crippen LogP contribution in [0.15, 0.2) is 30.3 Å². The molecule has 0 aliphatic carbocycles. The van der Waals surface area contributed by atoms with Gasteiger partial charge in [0.1, 0.15) is 5.54 Å². The van der Waals surface area contributed by atoms with Crippen molar-refractivity contribution in [2.75, 3.05) is 6.54 Å². The van der Waals surface area contributed by atoms with Gasteiger partial charge in [-0.15, -0.1) is 11.3 Å². The molecule has 7 heteroatoms. The Morgan fingerprint density at radius 3 is 2.72 bits per heavy atom. The largest absolute Gasteiger partial charge is 0.480 e. The Kier molecular flexibility index (Phi) is 4.86. The average molecular weight is 380 g/mol. The SMILES string of the molecule is CC(=O)Oc1cc2c(s1)CCN([C@](C)(C(=O)O)c1ccccc1Cl)C2. The molecular formula is C18H18ClNO4S. The minimum atomic E-state index is -1.24. The topological polar surface area (TPSA) is 66.8 Å². The van der Waals surface area contributed by atoms with Crippen molar-refractivity contribution < 1.29 is 19.4 Å². The van der Waals surface area contributed by atoms with Crippen molar-refractivity contribution in [2.45, 2.75) is 32.4 Å². The number of fused-ring (bicyclic) bond motifs is 1. The molecule has 0 spiro atoms. The third-order valence-corrected chi connectivity index (χ3v) is 5.98. The van der Waals surface area contributed by atoms with Crippen molar-refractivity contribution in [3.8, 4) is 5.06 Å². The van der Waals surface area contributed by atoms with E-state index in [0.717, 1.165) is 10.4 Å². The van der Waals surface area contributed by atoms with Crippen LogP contribution in [0.25, 0.3) is 0 Å². The molecule has 1 aromatic heterocycles. The Morgan fingerprint density at radius 2 is 2.08 bits per heavy atom. The number of thiophene rings is 1. The van der Waals surface area contributed by atoms with Gasteiger partial charge in [0, 0.05) is 35.5 Å². The zero-order valence-electron chi connectivity index (χ0n) is 13.9. The second kappa shape index (κ2) is 6.78. The van der Waals surface area contributed by atoms with Gasteiger partial charge < -0.3 is 9.84 Å². The number of hydrogen-bond donors (Lipinski definition) is 1. The number of ether oxygens (including phenoxy) is 1. The molecule has 1 aliphatic rings. The predicted octanol–water partition coefficient (Wildman–Crippen LogP) is 3.68. The number of carbonyl (C=O) groups is 2. The van der Waals surface area contributed by atoms with E-state index in [9.17, 15) is 14.7 Å². The van der Waals surface area contributed by atoms with E-state index in [2.05, 4.69) is 0 Å². The minimum Gasteiger partial charge on any atom is -0.480 e. The van der Waals surface area contributed by atoms with Crippen LogP contribution in [0.1, 0.15) is 29.9 Å². The van der Waals surface area contributed by atoms with Crippen molar-refractivity contribution >= 4 is 34.9 Å². The van der Waals surface area contributed by atoms with E-state index in [1.54, 1.807) is 31.2 Å². The maximum Gasteiger partial charge on any atom is 0.328 e. The summed E-state index contributed by atoms with van der Waals surface area (Å²) in [6, 6.07) is 8.86. The summed E-state index contributed by atoms with van der Waals surface area (Å²) in [6.45, 7) is 4.09. The van der Waals surface area contributed by atoms with E-state index < -0.39 is 11.5 Å². The van der Waals surface area contributed by atoms with Crippen molar-refractivity contribution in [2.24, 2.45) is 0 Å². The van der Waals surface area contributed by atoms with E-state index >= 15 is 0 Å². The number of esters is 1. The smallest absolute Gasteiger partial charge is 0.328 e. The first-order valence-electron chi connectivity index (χ1n) is 7.86. The van der Waals surface area contributed by atoms with E-state index in [0.29, 0.717) is 35.2 Å². The summed E-state index contributed by atoms with van der Waals surface area (Å²) in [7, 11) is 0. The highest BCUT2D eigenvalue weighted by Crippen LogP contribution is 2.40. The van der Waals surface area contributed by atoms with Crippen LogP contribution in [0.3, 0.4) is 0 Å². The molecule has 2 aromatic rings. The maximum absolute atomic E-state index is 12.2. The predicted molar refractivity (Wildman–Crippen MR) is 96.2 cm³/mol. The Morgan fingerprint density at radius 1 is 1.36 bits per heavy atom. The minimum absolute atomic E-state index is 0.359. The fraction of sp³-hybridized carbons (Fsp3) is 0.333. The van der Waals surface area contributed by atoms with Gasteiger partial charge in [0.15, 0.2) is 5.06 Å². The van der Waals surface area contributed by atoms with Crippen molar-refractivity contribution in [1.29, 1.82) is 0 Å². The Balaban J connectivity index is 1.95. The summed E-state index contributed by atoms with van der Waals surface area (Å²) in [5.74, 6) is -1.30. The molecule has 3 rings (SSSR count). The number of carbonyl (C=O) groups excluding carboxylic acids is 1. The molecule has 2 heterocycles. The highest BCUT2D eigenvalue weighted by atomic mass is 35.5. The highest BCUT2D eigenvalue weighted by Gasteiger charge is 2.44. The standard InChI is InChI=1S/C18H18ClNO4S/c1-11(21)24-16-9-12-10-20(8-7-15(12)25-16)18(2,17(22)23)13-5-3-4-6-14(13)19/h3-6,9H,7-8,10H2,1-2H3,(H,22,23)/t18-/m0/s1. The molecule has 1 atom stereocenters. The zero-order valence-corrected chi connectivity index (χ0v) is 15.5. The number of benzene rings is 1. The third-order valence-electron chi connectivity index (χ3n) is 4.54. The molecule has 0 unspecified atom stereocenters. The van der Waals surface area contributed by atoms with E-state index in [1.165, 1.54) is 18.3 Å². The van der Waals surface area contributed by atoms with E-state index in [-0.39, 0.29) is 5.97 Å².